The predicted molar refractivity (Wildman–Crippen MR) is 165 cm³/mol. The Labute approximate surface area is 249 Å². The van der Waals surface area contributed by atoms with E-state index in [1.165, 1.54) is 6.08 Å². The van der Waals surface area contributed by atoms with Gasteiger partial charge in [-0.1, -0.05) is 36.7 Å². The molecule has 7 nitrogen and oxygen atoms in total. The molecule has 2 aromatic carbocycles. The number of amides is 1. The van der Waals surface area contributed by atoms with E-state index in [-0.39, 0.29) is 29.1 Å². The Morgan fingerprint density at radius 2 is 2.02 bits per heavy atom. The first-order chi connectivity index (χ1) is 19.6. The molecule has 1 aliphatic heterocycles. The van der Waals surface area contributed by atoms with Crippen molar-refractivity contribution in [2.24, 2.45) is 11.3 Å². The molecule has 1 fully saturated rings. The summed E-state index contributed by atoms with van der Waals surface area (Å²) in [4.78, 5) is 15.3. The molecule has 0 unspecified atom stereocenters. The van der Waals surface area contributed by atoms with Gasteiger partial charge in [-0.25, -0.2) is 13.1 Å². The first-order valence-electron chi connectivity index (χ1n) is 14.3. The van der Waals surface area contributed by atoms with Crippen LogP contribution in [0.25, 0.3) is 0 Å². The second kappa shape index (κ2) is 13.4. The molecule has 0 saturated heterocycles. The molecule has 2 N–H and O–H groups in total. The fourth-order valence-electron chi connectivity index (χ4n) is 5.80. The molecule has 1 amide bonds. The van der Waals surface area contributed by atoms with Crippen LogP contribution in [0, 0.1) is 11.3 Å². The number of sulfonamides is 1. The minimum Gasteiger partial charge on any atom is -0.487 e. The average Bonchev–Trinajstić information content (AvgIpc) is 2.96. The number of nitrogens with one attached hydrogen (secondary N) is 1. The van der Waals surface area contributed by atoms with Crippen molar-refractivity contribution in [1.29, 1.82) is 0 Å². The second-order valence-electron chi connectivity index (χ2n) is 11.4. The number of benzene rings is 2. The van der Waals surface area contributed by atoms with Crippen LogP contribution in [0.3, 0.4) is 0 Å². The molecule has 4 rings (SSSR count). The van der Waals surface area contributed by atoms with Crippen LogP contribution in [0.15, 0.2) is 61.7 Å². The fraction of sp³-hybridized carbons (Fsp3) is 0.469. The number of ether oxygens (including phenoxy) is 1. The maximum absolute atomic E-state index is 13.1. The number of allylic oxidation sites excluding steroid dienone is 1. The molecular weight excluding hydrogens is 560 g/mol. The van der Waals surface area contributed by atoms with Crippen molar-refractivity contribution in [3.63, 3.8) is 0 Å². The number of nitrogens with zero attached hydrogens (tertiary/aromatic N) is 1. The number of anilines is 1. The zero-order valence-electron chi connectivity index (χ0n) is 23.8. The van der Waals surface area contributed by atoms with Crippen molar-refractivity contribution in [3.05, 3.63) is 83.4 Å². The van der Waals surface area contributed by atoms with E-state index >= 15 is 0 Å². The van der Waals surface area contributed by atoms with Gasteiger partial charge in [-0.2, -0.15) is 0 Å². The molecule has 0 bridgehead atoms. The quantitative estimate of drug-likeness (QED) is 0.322. The number of rotatable bonds is 10. The Hall–Kier alpha value is -2.81. The minimum absolute atomic E-state index is 0.209. The Balaban J connectivity index is 1.67. The van der Waals surface area contributed by atoms with Crippen LogP contribution in [0.4, 0.5) is 5.69 Å². The van der Waals surface area contributed by atoms with Crippen LogP contribution in [-0.2, 0) is 23.1 Å². The Morgan fingerprint density at radius 3 is 2.73 bits per heavy atom. The molecule has 0 spiro atoms. The highest BCUT2D eigenvalue weighted by atomic mass is 35.5. The van der Waals surface area contributed by atoms with Crippen molar-refractivity contribution in [1.82, 2.24) is 4.72 Å². The zero-order chi connectivity index (χ0) is 29.6. The highest BCUT2D eigenvalue weighted by Crippen LogP contribution is 2.51. The standard InChI is InChI=1S/C32H41ClN2O5S/c1-4-6-18-41(38,39)34-31(37)24-12-14-29-28(20-24)35(21-26-15-16-32(26,3)30(36)9-5-2)17-8-7-10-23-19-27(33)13-11-25(23)22-40-29/h4-5,11-14,19-20,26,30,36H,1-2,6-10,15-18,21-22H2,3H3,(H,34,37)/t26-,30-,32-/m0/s1. The number of aliphatic hydroxyl groups excluding tert-OH is 1. The van der Waals surface area contributed by atoms with Gasteiger partial charge in [0.2, 0.25) is 10.0 Å². The fourth-order valence-corrected chi connectivity index (χ4v) is 6.98. The molecular formula is C32H41ClN2O5S. The van der Waals surface area contributed by atoms with Crippen molar-refractivity contribution >= 4 is 33.2 Å². The average molecular weight is 601 g/mol. The summed E-state index contributed by atoms with van der Waals surface area (Å²) in [5, 5.41) is 11.6. The van der Waals surface area contributed by atoms with Crippen LogP contribution >= 0.6 is 11.6 Å². The molecule has 41 heavy (non-hydrogen) atoms. The topological polar surface area (TPSA) is 95.9 Å². The summed E-state index contributed by atoms with van der Waals surface area (Å²) in [6, 6.07) is 10.9. The van der Waals surface area contributed by atoms with Gasteiger partial charge in [-0.15, -0.1) is 13.2 Å². The largest absolute Gasteiger partial charge is 0.487 e. The lowest BCUT2D eigenvalue weighted by atomic mass is 9.57. The zero-order valence-corrected chi connectivity index (χ0v) is 25.4. The van der Waals surface area contributed by atoms with Gasteiger partial charge in [0, 0.05) is 23.7 Å². The van der Waals surface area contributed by atoms with E-state index in [1.807, 2.05) is 18.2 Å². The van der Waals surface area contributed by atoms with Crippen molar-refractivity contribution in [3.8, 4) is 5.75 Å². The Kier molecular flexibility index (Phi) is 10.2. The van der Waals surface area contributed by atoms with E-state index in [0.29, 0.717) is 30.3 Å². The second-order valence-corrected chi connectivity index (χ2v) is 13.7. The number of aryl methyl sites for hydroxylation is 1. The number of carbonyl (C=O) groups is 1. The summed E-state index contributed by atoms with van der Waals surface area (Å²) < 4.78 is 33.4. The van der Waals surface area contributed by atoms with Gasteiger partial charge < -0.3 is 14.7 Å². The molecule has 2 aromatic rings. The van der Waals surface area contributed by atoms with Gasteiger partial charge >= 0.3 is 0 Å². The highest BCUT2D eigenvalue weighted by Gasteiger charge is 2.48. The Morgan fingerprint density at radius 1 is 1.22 bits per heavy atom. The smallest absolute Gasteiger partial charge is 0.264 e. The summed E-state index contributed by atoms with van der Waals surface area (Å²) in [5.74, 6) is -0.0326. The van der Waals surface area contributed by atoms with Gasteiger partial charge in [0.1, 0.15) is 12.4 Å². The molecule has 3 atom stereocenters. The van der Waals surface area contributed by atoms with E-state index in [1.54, 1.807) is 24.3 Å². The summed E-state index contributed by atoms with van der Waals surface area (Å²) in [5.41, 5.74) is 2.97. The van der Waals surface area contributed by atoms with Gasteiger partial charge in [0.25, 0.3) is 5.91 Å². The number of aliphatic hydroxyl groups is 1. The van der Waals surface area contributed by atoms with E-state index < -0.39 is 22.0 Å². The molecule has 2 aliphatic rings. The molecule has 1 saturated carbocycles. The third-order valence-electron chi connectivity index (χ3n) is 8.63. The van der Waals surface area contributed by atoms with Gasteiger partial charge in [-0.05, 0) is 97.7 Å². The van der Waals surface area contributed by atoms with Crippen LogP contribution in [-0.4, -0.2) is 44.4 Å². The SMILES string of the molecule is C=CCCS(=O)(=O)NC(=O)c1ccc2c(c1)N(C[C@@H]1CC[C@]1(C)[C@@H](O)CC=C)CCCCc1cc(Cl)ccc1CO2. The maximum Gasteiger partial charge on any atom is 0.264 e. The van der Waals surface area contributed by atoms with Crippen LogP contribution in [0.5, 0.6) is 5.75 Å². The van der Waals surface area contributed by atoms with E-state index in [4.69, 9.17) is 16.3 Å². The number of hydrogen-bond acceptors (Lipinski definition) is 6. The Bertz CT molecular complexity index is 1380. The normalized spacial score (nSPS) is 21.6. The van der Waals surface area contributed by atoms with E-state index in [2.05, 4.69) is 29.7 Å². The third kappa shape index (κ3) is 7.53. The van der Waals surface area contributed by atoms with Crippen LogP contribution in [0.2, 0.25) is 5.02 Å². The minimum atomic E-state index is -3.80. The van der Waals surface area contributed by atoms with Crippen molar-refractivity contribution in [2.45, 2.75) is 64.6 Å². The number of fused-ring (bicyclic) bond motifs is 2. The molecule has 0 radical (unpaired) electrons. The van der Waals surface area contributed by atoms with Crippen molar-refractivity contribution < 1.29 is 23.1 Å². The molecule has 1 heterocycles. The van der Waals surface area contributed by atoms with Gasteiger partial charge in [-0.3, -0.25) is 4.79 Å². The lowest BCUT2D eigenvalue weighted by Crippen LogP contribution is -2.51. The molecule has 222 valence electrons. The maximum atomic E-state index is 13.1. The predicted octanol–water partition coefficient (Wildman–Crippen LogP) is 6.05. The summed E-state index contributed by atoms with van der Waals surface area (Å²) >= 11 is 6.29. The summed E-state index contributed by atoms with van der Waals surface area (Å²) in [6.45, 7) is 11.2. The van der Waals surface area contributed by atoms with Crippen LogP contribution < -0.4 is 14.4 Å². The highest BCUT2D eigenvalue weighted by molar-refractivity contribution is 7.90. The lowest BCUT2D eigenvalue weighted by molar-refractivity contribution is -0.0693. The first kappa shape index (κ1) is 31.1. The summed E-state index contributed by atoms with van der Waals surface area (Å²) in [6.07, 6.45) is 8.22. The number of hydrogen-bond donors (Lipinski definition) is 2. The van der Waals surface area contributed by atoms with Crippen molar-refractivity contribution in [2.75, 3.05) is 23.7 Å². The number of carbonyl (C=O) groups excluding carboxylic acids is 1. The summed E-state index contributed by atoms with van der Waals surface area (Å²) in [7, 11) is -3.80. The van der Waals surface area contributed by atoms with Crippen LogP contribution in [0.1, 0.15) is 66.9 Å². The van der Waals surface area contributed by atoms with Gasteiger partial charge in [0.05, 0.1) is 17.5 Å². The molecule has 1 aliphatic carbocycles. The lowest BCUT2D eigenvalue weighted by Gasteiger charge is -2.52. The molecule has 0 aromatic heterocycles. The van der Waals surface area contributed by atoms with E-state index in [9.17, 15) is 18.3 Å². The van der Waals surface area contributed by atoms with Gasteiger partial charge in [0.15, 0.2) is 0 Å². The van der Waals surface area contributed by atoms with E-state index in [0.717, 1.165) is 55.5 Å². The first-order valence-corrected chi connectivity index (χ1v) is 16.3. The monoisotopic (exact) mass is 600 g/mol. The third-order valence-corrected chi connectivity index (χ3v) is 10.1. The molecule has 9 heteroatoms. The number of halogens is 1.